The molecule has 2 rings (SSSR count). The van der Waals surface area contributed by atoms with Crippen LogP contribution < -0.4 is 0 Å². The fourth-order valence-electron chi connectivity index (χ4n) is 3.70. The first kappa shape index (κ1) is 21.1. The number of aryl methyl sites for hydroxylation is 1. The normalized spacial score (nSPS) is 18.3. The summed E-state index contributed by atoms with van der Waals surface area (Å²) in [6.45, 7) is 15.0. The van der Waals surface area contributed by atoms with E-state index in [1.165, 1.54) is 17.2 Å². The average Bonchev–Trinajstić information content (AvgIpc) is 2.57. The van der Waals surface area contributed by atoms with Crippen LogP contribution in [0.3, 0.4) is 0 Å². The van der Waals surface area contributed by atoms with Gasteiger partial charge >= 0.3 is 5.97 Å². The SMILES string of the molecule is CCOC(=O)/C=C(C)/C=C/C(=O)c1cc2c(cc1C)C(C)(C)CCC2(C)C. The van der Waals surface area contributed by atoms with Gasteiger partial charge in [0.2, 0.25) is 0 Å². The van der Waals surface area contributed by atoms with Gasteiger partial charge in [0.1, 0.15) is 0 Å². The summed E-state index contributed by atoms with van der Waals surface area (Å²) in [4.78, 5) is 24.3. The highest BCUT2D eigenvalue weighted by molar-refractivity contribution is 6.06. The van der Waals surface area contributed by atoms with Gasteiger partial charge in [-0.05, 0) is 78.8 Å². The predicted octanol–water partition coefficient (Wildman–Crippen LogP) is 5.59. The van der Waals surface area contributed by atoms with Crippen LogP contribution in [-0.2, 0) is 20.4 Å². The summed E-state index contributed by atoms with van der Waals surface area (Å²) in [6, 6.07) is 4.28. The molecule has 27 heavy (non-hydrogen) atoms. The lowest BCUT2D eigenvalue weighted by molar-refractivity contribution is -0.137. The molecule has 0 fully saturated rings. The minimum absolute atomic E-state index is 0.0360. The molecule has 0 bridgehead atoms. The van der Waals surface area contributed by atoms with E-state index in [1.54, 1.807) is 26.0 Å². The van der Waals surface area contributed by atoms with Gasteiger partial charge in [-0.3, -0.25) is 4.79 Å². The van der Waals surface area contributed by atoms with E-state index in [0.717, 1.165) is 24.0 Å². The Labute approximate surface area is 163 Å². The van der Waals surface area contributed by atoms with Crippen molar-refractivity contribution >= 4 is 11.8 Å². The van der Waals surface area contributed by atoms with Crippen molar-refractivity contribution in [1.29, 1.82) is 0 Å². The highest BCUT2D eigenvalue weighted by Gasteiger charge is 2.37. The van der Waals surface area contributed by atoms with E-state index in [4.69, 9.17) is 4.74 Å². The highest BCUT2D eigenvalue weighted by atomic mass is 16.5. The van der Waals surface area contributed by atoms with Crippen molar-refractivity contribution < 1.29 is 14.3 Å². The molecule has 0 saturated carbocycles. The summed E-state index contributed by atoms with van der Waals surface area (Å²) in [5.74, 6) is -0.424. The maximum atomic E-state index is 12.8. The molecule has 1 aliphatic carbocycles. The van der Waals surface area contributed by atoms with Crippen molar-refractivity contribution in [3.63, 3.8) is 0 Å². The highest BCUT2D eigenvalue weighted by Crippen LogP contribution is 2.46. The molecule has 0 unspecified atom stereocenters. The molecular weight excluding hydrogens is 336 g/mol. The Kier molecular flexibility index (Phi) is 6.14. The quantitative estimate of drug-likeness (QED) is 0.294. The van der Waals surface area contributed by atoms with Crippen LogP contribution in [0.15, 0.2) is 35.9 Å². The van der Waals surface area contributed by atoms with Gasteiger partial charge in [-0.2, -0.15) is 0 Å². The molecule has 0 radical (unpaired) electrons. The van der Waals surface area contributed by atoms with Crippen molar-refractivity contribution in [2.75, 3.05) is 6.61 Å². The number of hydrogen-bond donors (Lipinski definition) is 0. The lowest BCUT2D eigenvalue weighted by Crippen LogP contribution is -2.34. The van der Waals surface area contributed by atoms with Gasteiger partial charge in [-0.15, -0.1) is 0 Å². The Balaban J connectivity index is 2.36. The fraction of sp³-hybridized carbons (Fsp3) is 0.500. The molecule has 0 N–H and O–H groups in total. The van der Waals surface area contributed by atoms with E-state index in [0.29, 0.717) is 12.2 Å². The van der Waals surface area contributed by atoms with E-state index < -0.39 is 0 Å². The van der Waals surface area contributed by atoms with Crippen LogP contribution in [0.25, 0.3) is 0 Å². The number of carbonyl (C=O) groups is 2. The van der Waals surface area contributed by atoms with E-state index in [-0.39, 0.29) is 22.6 Å². The predicted molar refractivity (Wildman–Crippen MR) is 110 cm³/mol. The molecule has 146 valence electrons. The van der Waals surface area contributed by atoms with Gasteiger partial charge in [-0.1, -0.05) is 39.8 Å². The lowest BCUT2D eigenvalue weighted by Gasteiger charge is -2.42. The fourth-order valence-corrected chi connectivity index (χ4v) is 3.70. The van der Waals surface area contributed by atoms with Crippen molar-refractivity contribution in [3.8, 4) is 0 Å². The maximum absolute atomic E-state index is 12.8. The van der Waals surface area contributed by atoms with Crippen molar-refractivity contribution in [2.24, 2.45) is 0 Å². The van der Waals surface area contributed by atoms with Gasteiger partial charge in [-0.25, -0.2) is 4.79 Å². The van der Waals surface area contributed by atoms with E-state index in [9.17, 15) is 9.59 Å². The van der Waals surface area contributed by atoms with Crippen LogP contribution in [-0.4, -0.2) is 18.4 Å². The van der Waals surface area contributed by atoms with Crippen LogP contribution in [0, 0.1) is 6.92 Å². The third kappa shape index (κ3) is 4.77. The van der Waals surface area contributed by atoms with Gasteiger partial charge in [0.15, 0.2) is 5.78 Å². The van der Waals surface area contributed by atoms with Gasteiger partial charge in [0, 0.05) is 11.6 Å². The number of ether oxygens (including phenoxy) is 1. The monoisotopic (exact) mass is 368 g/mol. The zero-order valence-corrected chi connectivity index (χ0v) is 17.7. The van der Waals surface area contributed by atoms with Crippen molar-refractivity contribution in [2.45, 2.75) is 72.1 Å². The summed E-state index contributed by atoms with van der Waals surface area (Å²) in [5, 5.41) is 0. The number of rotatable bonds is 5. The number of hydrogen-bond acceptors (Lipinski definition) is 3. The molecule has 0 heterocycles. The summed E-state index contributed by atoms with van der Waals surface area (Å²) < 4.78 is 4.89. The molecule has 1 aliphatic rings. The third-order valence-electron chi connectivity index (χ3n) is 5.59. The second-order valence-electron chi connectivity index (χ2n) is 8.82. The zero-order valence-electron chi connectivity index (χ0n) is 17.7. The first-order valence-electron chi connectivity index (χ1n) is 9.71. The lowest BCUT2D eigenvalue weighted by atomic mass is 9.62. The minimum Gasteiger partial charge on any atom is -0.463 e. The molecule has 0 atom stereocenters. The second-order valence-corrected chi connectivity index (χ2v) is 8.82. The number of esters is 1. The van der Waals surface area contributed by atoms with Crippen LogP contribution in [0.1, 0.15) is 81.4 Å². The summed E-state index contributed by atoms with van der Waals surface area (Å²) in [6.07, 6.45) is 6.88. The molecule has 0 spiro atoms. The van der Waals surface area contributed by atoms with Crippen LogP contribution in [0.5, 0.6) is 0 Å². The Morgan fingerprint density at radius 1 is 1.04 bits per heavy atom. The number of ketones is 1. The minimum atomic E-state index is -0.388. The Bertz CT molecular complexity index is 807. The topological polar surface area (TPSA) is 43.4 Å². The van der Waals surface area contributed by atoms with Crippen LogP contribution >= 0.6 is 0 Å². The van der Waals surface area contributed by atoms with Gasteiger partial charge in [0.25, 0.3) is 0 Å². The Morgan fingerprint density at radius 2 is 1.59 bits per heavy atom. The zero-order chi connectivity index (χ0) is 20.4. The maximum Gasteiger partial charge on any atom is 0.330 e. The molecule has 0 amide bonds. The largest absolute Gasteiger partial charge is 0.463 e. The Hall–Kier alpha value is -2.16. The Morgan fingerprint density at radius 3 is 2.15 bits per heavy atom. The molecule has 3 heteroatoms. The first-order valence-corrected chi connectivity index (χ1v) is 9.71. The first-order chi connectivity index (χ1) is 12.5. The van der Waals surface area contributed by atoms with Crippen LogP contribution in [0.2, 0.25) is 0 Å². The van der Waals surface area contributed by atoms with Crippen molar-refractivity contribution in [1.82, 2.24) is 0 Å². The van der Waals surface area contributed by atoms with E-state index in [2.05, 4.69) is 39.8 Å². The molecule has 0 aromatic heterocycles. The second kappa shape index (κ2) is 7.84. The van der Waals surface area contributed by atoms with Crippen molar-refractivity contribution in [3.05, 3.63) is 58.2 Å². The summed E-state index contributed by atoms with van der Waals surface area (Å²) in [5.41, 5.74) is 5.26. The third-order valence-corrected chi connectivity index (χ3v) is 5.59. The average molecular weight is 369 g/mol. The van der Waals surface area contributed by atoms with Gasteiger partial charge < -0.3 is 4.74 Å². The molecule has 1 aromatic carbocycles. The molecule has 1 aromatic rings. The number of allylic oxidation sites excluding steroid dienone is 3. The standard InChI is InChI=1S/C24H32O3/c1-8-27-22(26)13-16(2)9-10-21(25)18-15-20-19(14-17(18)3)23(4,5)11-12-24(20,6)7/h9-10,13-15H,8,11-12H2,1-7H3/b10-9+,16-13+. The number of fused-ring (bicyclic) bond motifs is 1. The van der Waals surface area contributed by atoms with Crippen LogP contribution in [0.4, 0.5) is 0 Å². The molecular formula is C24H32O3. The molecule has 0 aliphatic heterocycles. The molecule has 0 saturated heterocycles. The summed E-state index contributed by atoms with van der Waals surface area (Å²) >= 11 is 0. The molecule has 3 nitrogen and oxygen atoms in total. The summed E-state index contributed by atoms with van der Waals surface area (Å²) in [7, 11) is 0. The smallest absolute Gasteiger partial charge is 0.330 e. The number of benzene rings is 1. The van der Waals surface area contributed by atoms with E-state index >= 15 is 0 Å². The van der Waals surface area contributed by atoms with Gasteiger partial charge in [0.05, 0.1) is 6.61 Å². The van der Waals surface area contributed by atoms with E-state index in [1.807, 2.05) is 6.92 Å². The number of carbonyl (C=O) groups excluding carboxylic acids is 2.